The fourth-order valence-corrected chi connectivity index (χ4v) is 1.84. The van der Waals surface area contributed by atoms with E-state index in [9.17, 15) is 9.59 Å². The van der Waals surface area contributed by atoms with Crippen LogP contribution >= 0.6 is 11.6 Å². The maximum atomic E-state index is 12.4. The zero-order chi connectivity index (χ0) is 14.6. The minimum Gasteiger partial charge on any atom is -0.481 e. The third-order valence-electron chi connectivity index (χ3n) is 2.59. The first-order valence-electron chi connectivity index (χ1n) is 5.87. The highest BCUT2D eigenvalue weighted by molar-refractivity contribution is 6.32. The molecule has 104 valence electrons. The molecule has 6 heteroatoms. The number of aliphatic carboxylic acids is 1. The van der Waals surface area contributed by atoms with E-state index in [-0.39, 0.29) is 29.6 Å². The molecular formula is C13H17ClN2O3. The number of amides is 1. The van der Waals surface area contributed by atoms with Gasteiger partial charge in [-0.15, -0.1) is 0 Å². The van der Waals surface area contributed by atoms with Crippen LogP contribution in [0.25, 0.3) is 0 Å². The van der Waals surface area contributed by atoms with Gasteiger partial charge < -0.3 is 10.0 Å². The van der Waals surface area contributed by atoms with Crippen LogP contribution in [0.3, 0.4) is 0 Å². The number of aromatic nitrogens is 1. The molecule has 0 unspecified atom stereocenters. The van der Waals surface area contributed by atoms with Gasteiger partial charge in [0.1, 0.15) is 5.15 Å². The summed E-state index contributed by atoms with van der Waals surface area (Å²) in [6.07, 6.45) is 1.39. The maximum absolute atomic E-state index is 12.4. The third-order valence-corrected chi connectivity index (χ3v) is 2.89. The van der Waals surface area contributed by atoms with Crippen LogP contribution in [0.2, 0.25) is 5.15 Å². The molecule has 1 rings (SSSR count). The minimum absolute atomic E-state index is 0.110. The summed E-state index contributed by atoms with van der Waals surface area (Å²) in [6.45, 7) is 5.66. The van der Waals surface area contributed by atoms with Gasteiger partial charge in [-0.3, -0.25) is 9.59 Å². The molecule has 0 fully saturated rings. The summed E-state index contributed by atoms with van der Waals surface area (Å²) in [5.74, 6) is -1.26. The molecule has 5 nitrogen and oxygen atoms in total. The Balaban J connectivity index is 3.02. The molecule has 0 radical (unpaired) electrons. The molecule has 0 aromatic carbocycles. The van der Waals surface area contributed by atoms with Crippen LogP contribution in [0.5, 0.6) is 0 Å². The number of carbonyl (C=O) groups is 2. The summed E-state index contributed by atoms with van der Waals surface area (Å²) in [7, 11) is 0. The lowest BCUT2D eigenvalue weighted by atomic mass is 10.0. The monoisotopic (exact) mass is 284 g/mol. The fraction of sp³-hybridized carbons (Fsp3) is 0.462. The van der Waals surface area contributed by atoms with Crippen LogP contribution in [-0.4, -0.2) is 39.0 Å². The molecule has 0 bridgehead atoms. The number of carbonyl (C=O) groups excluding carboxylic acids is 1. The standard InChI is InChI=1S/C13H17ClN2O3/c1-13(2,3)16(8-6-10(17)18)12(19)9-5-4-7-15-11(9)14/h4-5,7H,6,8H2,1-3H3,(H,17,18). The molecule has 0 saturated carbocycles. The highest BCUT2D eigenvalue weighted by Gasteiger charge is 2.28. The molecule has 0 saturated heterocycles. The van der Waals surface area contributed by atoms with Crippen molar-refractivity contribution in [3.63, 3.8) is 0 Å². The van der Waals surface area contributed by atoms with E-state index >= 15 is 0 Å². The molecule has 1 aromatic heterocycles. The van der Waals surface area contributed by atoms with Crippen LogP contribution in [0.4, 0.5) is 0 Å². The van der Waals surface area contributed by atoms with Crippen LogP contribution in [-0.2, 0) is 4.79 Å². The predicted octanol–water partition coefficient (Wildman–Crippen LogP) is 2.45. The molecule has 0 spiro atoms. The van der Waals surface area contributed by atoms with Gasteiger partial charge >= 0.3 is 5.97 Å². The minimum atomic E-state index is -0.945. The smallest absolute Gasteiger partial charge is 0.305 e. The quantitative estimate of drug-likeness (QED) is 0.862. The summed E-state index contributed by atoms with van der Waals surface area (Å²) in [5, 5.41) is 8.88. The van der Waals surface area contributed by atoms with Gasteiger partial charge in [-0.05, 0) is 32.9 Å². The number of halogens is 1. The van der Waals surface area contributed by atoms with Gasteiger partial charge in [0.2, 0.25) is 0 Å². The predicted molar refractivity (Wildman–Crippen MR) is 72.3 cm³/mol. The van der Waals surface area contributed by atoms with E-state index in [4.69, 9.17) is 16.7 Å². The number of hydrogen-bond donors (Lipinski definition) is 1. The van der Waals surface area contributed by atoms with Gasteiger partial charge in [0.05, 0.1) is 12.0 Å². The van der Waals surface area contributed by atoms with Crippen molar-refractivity contribution in [3.05, 3.63) is 29.0 Å². The SMILES string of the molecule is CC(C)(C)N(CCC(=O)O)C(=O)c1cccnc1Cl. The number of nitrogens with zero attached hydrogens (tertiary/aromatic N) is 2. The van der Waals surface area contributed by atoms with Gasteiger partial charge in [-0.25, -0.2) is 4.98 Å². The van der Waals surface area contributed by atoms with Crippen molar-refractivity contribution in [1.82, 2.24) is 9.88 Å². The van der Waals surface area contributed by atoms with Crippen LogP contribution in [0.1, 0.15) is 37.6 Å². The molecule has 1 heterocycles. The van der Waals surface area contributed by atoms with Crippen LogP contribution in [0.15, 0.2) is 18.3 Å². The highest BCUT2D eigenvalue weighted by Crippen LogP contribution is 2.21. The molecule has 0 atom stereocenters. The Morgan fingerprint density at radius 2 is 2.05 bits per heavy atom. The largest absolute Gasteiger partial charge is 0.481 e. The second kappa shape index (κ2) is 6.02. The van der Waals surface area contributed by atoms with Crippen molar-refractivity contribution in [2.45, 2.75) is 32.7 Å². The Bertz CT molecular complexity index is 483. The number of hydrogen-bond acceptors (Lipinski definition) is 3. The molecular weight excluding hydrogens is 268 g/mol. The number of rotatable bonds is 4. The van der Waals surface area contributed by atoms with Crippen molar-refractivity contribution in [2.24, 2.45) is 0 Å². The molecule has 0 aliphatic rings. The zero-order valence-corrected chi connectivity index (χ0v) is 11.9. The van der Waals surface area contributed by atoms with Crippen LogP contribution < -0.4 is 0 Å². The summed E-state index contributed by atoms with van der Waals surface area (Å²) in [5.41, 5.74) is -0.212. The fourth-order valence-electron chi connectivity index (χ4n) is 1.64. The Morgan fingerprint density at radius 1 is 1.42 bits per heavy atom. The van der Waals surface area contributed by atoms with E-state index < -0.39 is 11.5 Å². The third kappa shape index (κ3) is 4.21. The first-order chi connectivity index (χ1) is 8.73. The average molecular weight is 285 g/mol. The van der Waals surface area contributed by atoms with Gasteiger partial charge in [0.15, 0.2) is 0 Å². The van der Waals surface area contributed by atoms with Crippen molar-refractivity contribution in [1.29, 1.82) is 0 Å². The summed E-state index contributed by atoms with van der Waals surface area (Å²) in [4.78, 5) is 28.5. The van der Waals surface area contributed by atoms with Crippen molar-refractivity contribution >= 4 is 23.5 Å². The molecule has 1 N–H and O–H groups in total. The van der Waals surface area contributed by atoms with Crippen molar-refractivity contribution < 1.29 is 14.7 Å². The van der Waals surface area contributed by atoms with Gasteiger partial charge in [0.25, 0.3) is 5.91 Å². The zero-order valence-electron chi connectivity index (χ0n) is 11.2. The van der Waals surface area contributed by atoms with Crippen molar-refractivity contribution in [2.75, 3.05) is 6.54 Å². The van der Waals surface area contributed by atoms with E-state index in [0.29, 0.717) is 0 Å². The Kier molecular flexibility index (Phi) is 4.89. The number of carboxylic acids is 1. The van der Waals surface area contributed by atoms with Crippen LogP contribution in [0, 0.1) is 0 Å². The lowest BCUT2D eigenvalue weighted by Crippen LogP contribution is -2.46. The second-order valence-corrected chi connectivity index (χ2v) is 5.47. The van der Waals surface area contributed by atoms with E-state index in [0.717, 1.165) is 0 Å². The normalized spacial score (nSPS) is 11.2. The van der Waals surface area contributed by atoms with E-state index in [1.165, 1.54) is 11.1 Å². The second-order valence-electron chi connectivity index (χ2n) is 5.11. The Morgan fingerprint density at radius 3 is 2.53 bits per heavy atom. The van der Waals surface area contributed by atoms with E-state index in [2.05, 4.69) is 4.98 Å². The van der Waals surface area contributed by atoms with Gasteiger partial charge in [-0.2, -0.15) is 0 Å². The summed E-state index contributed by atoms with van der Waals surface area (Å²) >= 11 is 5.90. The summed E-state index contributed by atoms with van der Waals surface area (Å²) in [6, 6.07) is 3.20. The Labute approximate surface area is 117 Å². The molecule has 1 aromatic rings. The highest BCUT2D eigenvalue weighted by atomic mass is 35.5. The van der Waals surface area contributed by atoms with Crippen molar-refractivity contribution in [3.8, 4) is 0 Å². The lowest BCUT2D eigenvalue weighted by Gasteiger charge is -2.35. The molecule has 0 aliphatic carbocycles. The lowest BCUT2D eigenvalue weighted by molar-refractivity contribution is -0.137. The Hall–Kier alpha value is -1.62. The number of carboxylic acid groups (broad SMARTS) is 1. The molecule has 0 aliphatic heterocycles. The van der Waals surface area contributed by atoms with Gasteiger partial charge in [-0.1, -0.05) is 11.6 Å². The molecule has 19 heavy (non-hydrogen) atoms. The topological polar surface area (TPSA) is 70.5 Å². The maximum Gasteiger partial charge on any atom is 0.305 e. The van der Waals surface area contributed by atoms with E-state index in [1.807, 2.05) is 20.8 Å². The summed E-state index contributed by atoms with van der Waals surface area (Å²) < 4.78 is 0. The molecule has 1 amide bonds. The average Bonchev–Trinajstić information content (AvgIpc) is 2.27. The first kappa shape index (κ1) is 15.4. The first-order valence-corrected chi connectivity index (χ1v) is 6.25. The van der Waals surface area contributed by atoms with Gasteiger partial charge in [0, 0.05) is 18.3 Å². The number of pyridine rings is 1. The van der Waals surface area contributed by atoms with E-state index in [1.54, 1.807) is 12.1 Å².